The Hall–Kier alpha value is -3.52. The summed E-state index contributed by atoms with van der Waals surface area (Å²) >= 11 is 0. The van der Waals surface area contributed by atoms with E-state index in [2.05, 4.69) is 108 Å². The lowest BCUT2D eigenvalue weighted by atomic mass is 10.1. The van der Waals surface area contributed by atoms with Crippen LogP contribution in [0.15, 0.2) is 84.9 Å². The number of aromatic nitrogens is 2. The summed E-state index contributed by atoms with van der Waals surface area (Å²) in [6.07, 6.45) is 1.09. The Kier molecular flexibility index (Phi) is 4.14. The van der Waals surface area contributed by atoms with Crippen LogP contribution in [0.1, 0.15) is 17.5 Å². The number of benzene rings is 4. The molecule has 0 atom stereocenters. The highest BCUT2D eigenvalue weighted by molar-refractivity contribution is 6.09. The summed E-state index contributed by atoms with van der Waals surface area (Å²) < 4.78 is 5.02. The zero-order valence-corrected chi connectivity index (χ0v) is 18.1. The molecule has 2 aromatic heterocycles. The molecule has 6 rings (SSSR count). The minimum atomic E-state index is 1.01. The number of aryl methyl sites for hydroxylation is 4. The van der Waals surface area contributed by atoms with Crippen LogP contribution in [-0.2, 0) is 13.1 Å². The van der Waals surface area contributed by atoms with Gasteiger partial charge in [-0.3, -0.25) is 0 Å². The fraction of sp³-hybridized carbons (Fsp3) is 0.172. The number of para-hydroxylation sites is 2. The van der Waals surface area contributed by atoms with E-state index >= 15 is 0 Å². The maximum absolute atomic E-state index is 2.53. The quantitative estimate of drug-likeness (QED) is 0.287. The maximum atomic E-state index is 2.53. The molecule has 2 nitrogen and oxygen atoms in total. The highest BCUT2D eigenvalue weighted by atomic mass is 15.0. The lowest BCUT2D eigenvalue weighted by Gasteiger charge is -2.11. The minimum absolute atomic E-state index is 1.01. The van der Waals surface area contributed by atoms with Gasteiger partial charge in [-0.2, -0.15) is 0 Å². The van der Waals surface area contributed by atoms with E-state index in [0.717, 1.165) is 19.5 Å². The first-order valence-corrected chi connectivity index (χ1v) is 11.2. The van der Waals surface area contributed by atoms with Gasteiger partial charge in [0.05, 0.1) is 0 Å². The second-order valence-electron chi connectivity index (χ2n) is 8.73. The number of rotatable bonds is 4. The van der Waals surface area contributed by atoms with Gasteiger partial charge in [0.2, 0.25) is 0 Å². The van der Waals surface area contributed by atoms with Crippen molar-refractivity contribution in [2.24, 2.45) is 0 Å². The lowest BCUT2D eigenvalue weighted by molar-refractivity contribution is 0.602. The molecule has 0 amide bonds. The number of nitrogens with zero attached hydrogens (tertiary/aromatic N) is 2. The molecule has 152 valence electrons. The molecule has 2 heterocycles. The van der Waals surface area contributed by atoms with Crippen molar-refractivity contribution in [3.05, 3.63) is 96.1 Å². The largest absolute Gasteiger partial charge is 0.340 e. The van der Waals surface area contributed by atoms with Crippen molar-refractivity contribution in [2.75, 3.05) is 0 Å². The van der Waals surface area contributed by atoms with Gasteiger partial charge in [0.15, 0.2) is 0 Å². The second-order valence-corrected chi connectivity index (χ2v) is 8.73. The van der Waals surface area contributed by atoms with Gasteiger partial charge in [0.1, 0.15) is 0 Å². The van der Waals surface area contributed by atoms with E-state index < -0.39 is 0 Å². The van der Waals surface area contributed by atoms with E-state index in [0.29, 0.717) is 0 Å². The molecule has 0 N–H and O–H groups in total. The summed E-state index contributed by atoms with van der Waals surface area (Å²) in [6, 6.07) is 31.3. The average molecular weight is 403 g/mol. The Morgan fingerprint density at radius 2 is 0.903 bits per heavy atom. The highest BCUT2D eigenvalue weighted by Gasteiger charge is 2.13. The molecule has 0 aliphatic heterocycles. The van der Waals surface area contributed by atoms with Crippen molar-refractivity contribution in [1.29, 1.82) is 0 Å². The molecule has 31 heavy (non-hydrogen) atoms. The van der Waals surface area contributed by atoms with E-state index in [1.807, 2.05) is 0 Å². The molecular formula is C29H26N2. The summed E-state index contributed by atoms with van der Waals surface area (Å²) in [5, 5.41) is 5.41. The monoisotopic (exact) mass is 402 g/mol. The molecule has 0 unspecified atom stereocenters. The summed E-state index contributed by atoms with van der Waals surface area (Å²) in [6.45, 7) is 6.39. The number of hydrogen-bond donors (Lipinski definition) is 0. The molecule has 0 aliphatic carbocycles. The fourth-order valence-corrected chi connectivity index (χ4v) is 5.19. The van der Waals surface area contributed by atoms with Crippen molar-refractivity contribution >= 4 is 43.6 Å². The Morgan fingerprint density at radius 3 is 1.42 bits per heavy atom. The maximum Gasteiger partial charge on any atom is 0.0494 e. The Labute approximate surface area is 182 Å². The highest BCUT2D eigenvalue weighted by Crippen LogP contribution is 2.32. The number of hydrogen-bond acceptors (Lipinski definition) is 0. The molecule has 0 fully saturated rings. The van der Waals surface area contributed by atoms with E-state index in [-0.39, 0.29) is 0 Å². The van der Waals surface area contributed by atoms with Crippen LogP contribution in [0.25, 0.3) is 43.6 Å². The van der Waals surface area contributed by atoms with Crippen molar-refractivity contribution < 1.29 is 0 Å². The normalized spacial score (nSPS) is 11.9. The smallest absolute Gasteiger partial charge is 0.0494 e. The average Bonchev–Trinajstić information content (AvgIpc) is 3.26. The first-order valence-electron chi connectivity index (χ1n) is 11.2. The Morgan fingerprint density at radius 1 is 0.484 bits per heavy atom. The van der Waals surface area contributed by atoms with Gasteiger partial charge in [0, 0.05) is 56.7 Å². The molecule has 0 saturated carbocycles. The molecule has 6 aromatic rings. The van der Waals surface area contributed by atoms with E-state index in [1.165, 1.54) is 54.7 Å². The molecule has 0 spiro atoms. The van der Waals surface area contributed by atoms with Gasteiger partial charge in [-0.1, -0.05) is 60.7 Å². The fourth-order valence-electron chi connectivity index (χ4n) is 5.19. The number of fused-ring (bicyclic) bond motifs is 6. The van der Waals surface area contributed by atoms with Crippen molar-refractivity contribution in [2.45, 2.75) is 33.4 Å². The van der Waals surface area contributed by atoms with Crippen LogP contribution in [0.2, 0.25) is 0 Å². The van der Waals surface area contributed by atoms with E-state index in [4.69, 9.17) is 0 Å². The van der Waals surface area contributed by atoms with E-state index in [9.17, 15) is 0 Å². The predicted octanol–water partition coefficient (Wildman–Crippen LogP) is 7.61. The third kappa shape index (κ3) is 2.86. The van der Waals surface area contributed by atoms with Crippen LogP contribution in [0.3, 0.4) is 0 Å². The topological polar surface area (TPSA) is 9.86 Å². The van der Waals surface area contributed by atoms with Crippen molar-refractivity contribution in [1.82, 2.24) is 9.13 Å². The van der Waals surface area contributed by atoms with Crippen LogP contribution in [0.4, 0.5) is 0 Å². The first-order chi connectivity index (χ1) is 15.2. The lowest BCUT2D eigenvalue weighted by Crippen LogP contribution is -2.04. The van der Waals surface area contributed by atoms with Crippen molar-refractivity contribution in [3.63, 3.8) is 0 Å². The van der Waals surface area contributed by atoms with E-state index in [1.54, 1.807) is 0 Å². The van der Waals surface area contributed by atoms with Gasteiger partial charge in [-0.05, 0) is 55.7 Å². The van der Waals surface area contributed by atoms with Gasteiger partial charge < -0.3 is 9.13 Å². The van der Waals surface area contributed by atoms with Gasteiger partial charge in [-0.15, -0.1) is 0 Å². The first kappa shape index (κ1) is 18.3. The zero-order valence-electron chi connectivity index (χ0n) is 18.1. The molecule has 2 heteroatoms. The van der Waals surface area contributed by atoms with Crippen LogP contribution in [0, 0.1) is 13.8 Å². The second kappa shape index (κ2) is 7.02. The molecule has 0 aliphatic rings. The van der Waals surface area contributed by atoms with Crippen LogP contribution in [-0.4, -0.2) is 9.13 Å². The molecule has 0 radical (unpaired) electrons. The zero-order chi connectivity index (χ0) is 20.9. The molecule has 4 aromatic carbocycles. The van der Waals surface area contributed by atoms with Crippen molar-refractivity contribution in [3.8, 4) is 0 Å². The summed E-state index contributed by atoms with van der Waals surface area (Å²) in [4.78, 5) is 0. The molecular weight excluding hydrogens is 376 g/mol. The van der Waals surface area contributed by atoms with Gasteiger partial charge in [0.25, 0.3) is 0 Å². The standard InChI is InChI=1S/C29H26N2/c1-20-12-14-24-25-15-13-21(2)19-29(25)31(28(24)18-20)17-7-16-30-26-10-5-3-8-22(26)23-9-4-6-11-27(23)30/h3-6,8-15,18-19H,7,16-17H2,1-2H3. The molecule has 0 bridgehead atoms. The van der Waals surface area contributed by atoms with Crippen LogP contribution < -0.4 is 0 Å². The van der Waals surface area contributed by atoms with Gasteiger partial charge in [-0.25, -0.2) is 0 Å². The predicted molar refractivity (Wildman–Crippen MR) is 133 cm³/mol. The summed E-state index contributed by atoms with van der Waals surface area (Å²) in [7, 11) is 0. The third-order valence-electron chi connectivity index (χ3n) is 6.62. The third-order valence-corrected chi connectivity index (χ3v) is 6.62. The van der Waals surface area contributed by atoms with Crippen LogP contribution in [0.5, 0.6) is 0 Å². The Bertz CT molecular complexity index is 1470. The Balaban J connectivity index is 1.42. The molecule has 0 saturated heterocycles. The minimum Gasteiger partial charge on any atom is -0.340 e. The SMILES string of the molecule is Cc1ccc2c3ccc(C)cc3n(CCCn3c4ccccc4c4ccccc43)c2c1. The van der Waals surface area contributed by atoms with Gasteiger partial charge >= 0.3 is 0 Å². The summed E-state index contributed by atoms with van der Waals surface area (Å²) in [5.41, 5.74) is 7.99. The van der Waals surface area contributed by atoms with Crippen LogP contribution >= 0.6 is 0 Å². The summed E-state index contributed by atoms with van der Waals surface area (Å²) in [5.74, 6) is 0.